The van der Waals surface area contributed by atoms with Gasteiger partial charge in [0.15, 0.2) is 0 Å². The third-order valence-corrected chi connectivity index (χ3v) is 5.93. The number of anilines is 1. The smallest absolute Gasteiger partial charge is 0.248 e. The number of benzene rings is 3. The number of methoxy groups -OCH3 is 1. The minimum atomic E-state index is -0.290. The number of halogens is 2. The Balaban J connectivity index is 1.60. The average Bonchev–Trinajstić information content (AvgIpc) is 3.16. The number of hydrogen-bond acceptors (Lipinski definition) is 4. The molecule has 0 bridgehead atoms. The van der Waals surface area contributed by atoms with Gasteiger partial charge in [-0.15, -0.1) is 11.3 Å². The van der Waals surface area contributed by atoms with Crippen molar-refractivity contribution in [2.45, 2.75) is 0 Å². The number of thiazole rings is 1. The Kier molecular flexibility index (Phi) is 6.04. The van der Waals surface area contributed by atoms with E-state index >= 15 is 0 Å². The standard InChI is InChI=1S/C23H16Cl2N2O2S/c1-29-22-14(12-15(24)13-17(22)25)10-11-21(28)26-18-7-3-2-6-16(18)23-27-19-8-4-5-9-20(19)30-23/h2-13H,1H3,(H,26,28). The summed E-state index contributed by atoms with van der Waals surface area (Å²) in [4.78, 5) is 17.3. The Bertz CT molecular complexity index is 1230. The summed E-state index contributed by atoms with van der Waals surface area (Å²) >= 11 is 13.8. The molecule has 0 aliphatic heterocycles. The summed E-state index contributed by atoms with van der Waals surface area (Å²) in [5, 5.41) is 4.61. The highest BCUT2D eigenvalue weighted by Crippen LogP contribution is 2.35. The van der Waals surface area contributed by atoms with Crippen LogP contribution in [0.3, 0.4) is 0 Å². The van der Waals surface area contributed by atoms with Crippen molar-refractivity contribution in [3.8, 4) is 16.3 Å². The van der Waals surface area contributed by atoms with Crippen molar-refractivity contribution < 1.29 is 9.53 Å². The molecule has 4 rings (SSSR count). The quantitative estimate of drug-likeness (QED) is 0.332. The molecule has 1 N–H and O–H groups in total. The van der Waals surface area contributed by atoms with Crippen LogP contribution >= 0.6 is 34.5 Å². The summed E-state index contributed by atoms with van der Waals surface area (Å²) in [6.07, 6.45) is 3.03. The second-order valence-electron chi connectivity index (χ2n) is 6.36. The maximum atomic E-state index is 12.6. The molecule has 0 fully saturated rings. The lowest BCUT2D eigenvalue weighted by Gasteiger charge is -2.09. The second kappa shape index (κ2) is 8.88. The number of para-hydroxylation sites is 2. The first-order chi connectivity index (χ1) is 14.5. The predicted octanol–water partition coefficient (Wildman–Crippen LogP) is 6.93. The van der Waals surface area contributed by atoms with Crippen LogP contribution in [0, 0.1) is 0 Å². The van der Waals surface area contributed by atoms with Gasteiger partial charge in [0.1, 0.15) is 10.8 Å². The molecule has 0 atom stereocenters. The fourth-order valence-corrected chi connectivity index (χ4v) is 4.62. The van der Waals surface area contributed by atoms with Gasteiger partial charge in [0.25, 0.3) is 0 Å². The molecule has 150 valence electrons. The van der Waals surface area contributed by atoms with Crippen molar-refractivity contribution in [3.63, 3.8) is 0 Å². The summed E-state index contributed by atoms with van der Waals surface area (Å²) in [7, 11) is 1.51. The lowest BCUT2D eigenvalue weighted by molar-refractivity contribution is -0.111. The number of nitrogens with zero attached hydrogens (tertiary/aromatic N) is 1. The fourth-order valence-electron chi connectivity index (χ4n) is 3.03. The van der Waals surface area contributed by atoms with E-state index in [0.29, 0.717) is 27.0 Å². The van der Waals surface area contributed by atoms with Crippen molar-refractivity contribution in [1.82, 2.24) is 4.98 Å². The Morgan fingerprint density at radius 1 is 1.10 bits per heavy atom. The third-order valence-electron chi connectivity index (χ3n) is 4.36. The lowest BCUT2D eigenvalue weighted by Crippen LogP contribution is -2.08. The van der Waals surface area contributed by atoms with E-state index in [2.05, 4.69) is 10.3 Å². The second-order valence-corrected chi connectivity index (χ2v) is 8.24. The number of rotatable bonds is 5. The van der Waals surface area contributed by atoms with Crippen molar-refractivity contribution in [3.05, 3.63) is 82.3 Å². The maximum Gasteiger partial charge on any atom is 0.248 e. The first-order valence-corrected chi connectivity index (χ1v) is 10.6. The van der Waals surface area contributed by atoms with Crippen molar-refractivity contribution in [2.75, 3.05) is 12.4 Å². The molecule has 3 aromatic carbocycles. The van der Waals surface area contributed by atoms with E-state index in [9.17, 15) is 4.79 Å². The highest BCUT2D eigenvalue weighted by molar-refractivity contribution is 7.21. The van der Waals surface area contributed by atoms with Gasteiger partial charge in [0, 0.05) is 22.2 Å². The van der Waals surface area contributed by atoms with Crippen LogP contribution in [0.25, 0.3) is 26.9 Å². The molecule has 1 aromatic heterocycles. The minimum Gasteiger partial charge on any atom is -0.495 e. The zero-order valence-electron chi connectivity index (χ0n) is 15.9. The van der Waals surface area contributed by atoms with E-state index in [1.807, 2.05) is 48.5 Å². The van der Waals surface area contributed by atoms with Gasteiger partial charge >= 0.3 is 0 Å². The summed E-state index contributed by atoms with van der Waals surface area (Å²) in [6.45, 7) is 0. The molecule has 0 aliphatic carbocycles. The molecule has 0 unspecified atom stereocenters. The Morgan fingerprint density at radius 2 is 1.87 bits per heavy atom. The Labute approximate surface area is 187 Å². The van der Waals surface area contributed by atoms with Crippen molar-refractivity contribution in [2.24, 2.45) is 0 Å². The van der Waals surface area contributed by atoms with Crippen LogP contribution in [0.5, 0.6) is 5.75 Å². The maximum absolute atomic E-state index is 12.6. The van der Waals surface area contributed by atoms with Crippen LogP contribution in [0.15, 0.2) is 66.7 Å². The van der Waals surface area contributed by atoms with E-state index < -0.39 is 0 Å². The molecule has 30 heavy (non-hydrogen) atoms. The molecule has 0 saturated heterocycles. The van der Waals surface area contributed by atoms with E-state index in [1.54, 1.807) is 29.5 Å². The first kappa shape index (κ1) is 20.4. The third kappa shape index (κ3) is 4.33. The molecule has 0 saturated carbocycles. The summed E-state index contributed by atoms with van der Waals surface area (Å²) in [5.41, 5.74) is 3.10. The van der Waals surface area contributed by atoms with E-state index in [1.165, 1.54) is 13.2 Å². The van der Waals surface area contributed by atoms with Gasteiger partial charge in [-0.25, -0.2) is 4.98 Å². The minimum absolute atomic E-state index is 0.290. The van der Waals surface area contributed by atoms with Crippen LogP contribution < -0.4 is 10.1 Å². The monoisotopic (exact) mass is 454 g/mol. The van der Waals surface area contributed by atoms with Gasteiger partial charge in [-0.1, -0.05) is 47.5 Å². The molecule has 4 aromatic rings. The molecule has 0 aliphatic rings. The molecule has 1 amide bonds. The fraction of sp³-hybridized carbons (Fsp3) is 0.0435. The lowest BCUT2D eigenvalue weighted by atomic mass is 10.1. The zero-order chi connectivity index (χ0) is 21.1. The van der Waals surface area contributed by atoms with Gasteiger partial charge in [-0.2, -0.15) is 0 Å². The van der Waals surface area contributed by atoms with Crippen molar-refractivity contribution in [1.29, 1.82) is 0 Å². The van der Waals surface area contributed by atoms with Gasteiger partial charge in [-0.3, -0.25) is 4.79 Å². The Morgan fingerprint density at radius 3 is 2.67 bits per heavy atom. The summed E-state index contributed by atoms with van der Waals surface area (Å²) in [6, 6.07) is 18.8. The zero-order valence-corrected chi connectivity index (χ0v) is 18.2. The molecule has 7 heteroatoms. The van der Waals surface area contributed by atoms with Crippen LogP contribution in [0.4, 0.5) is 5.69 Å². The number of aromatic nitrogens is 1. The van der Waals surface area contributed by atoms with E-state index in [4.69, 9.17) is 27.9 Å². The predicted molar refractivity (Wildman–Crippen MR) is 126 cm³/mol. The molecule has 0 spiro atoms. The van der Waals surface area contributed by atoms with Crippen LogP contribution in [-0.2, 0) is 4.79 Å². The molecule has 4 nitrogen and oxygen atoms in total. The normalized spacial score (nSPS) is 11.2. The average molecular weight is 455 g/mol. The number of nitrogens with one attached hydrogen (secondary N) is 1. The van der Waals surface area contributed by atoms with E-state index in [-0.39, 0.29) is 5.91 Å². The van der Waals surface area contributed by atoms with Gasteiger partial charge < -0.3 is 10.1 Å². The number of fused-ring (bicyclic) bond motifs is 1. The highest BCUT2D eigenvalue weighted by atomic mass is 35.5. The number of amides is 1. The van der Waals surface area contributed by atoms with Crippen LogP contribution in [0.2, 0.25) is 10.0 Å². The molecule has 0 radical (unpaired) electrons. The Hall–Kier alpha value is -2.86. The molecular formula is C23H16Cl2N2O2S. The number of carbonyl (C=O) groups is 1. The molecular weight excluding hydrogens is 439 g/mol. The SMILES string of the molecule is COc1c(Cl)cc(Cl)cc1C=CC(=O)Nc1ccccc1-c1nc2ccccc2s1. The largest absolute Gasteiger partial charge is 0.495 e. The van der Waals surface area contributed by atoms with Gasteiger partial charge in [-0.05, 0) is 42.5 Å². The number of carbonyl (C=O) groups excluding carboxylic acids is 1. The summed E-state index contributed by atoms with van der Waals surface area (Å²) in [5.74, 6) is 0.168. The van der Waals surface area contributed by atoms with Gasteiger partial charge in [0.05, 0.1) is 28.0 Å². The van der Waals surface area contributed by atoms with Gasteiger partial charge in [0.2, 0.25) is 5.91 Å². The van der Waals surface area contributed by atoms with Crippen molar-refractivity contribution >= 4 is 62.4 Å². The first-order valence-electron chi connectivity index (χ1n) is 9.02. The van der Waals surface area contributed by atoms with E-state index in [0.717, 1.165) is 20.8 Å². The number of hydrogen-bond donors (Lipinski definition) is 1. The summed E-state index contributed by atoms with van der Waals surface area (Å²) < 4.78 is 6.40. The van der Waals surface area contributed by atoms with Crippen LogP contribution in [0.1, 0.15) is 5.56 Å². The van der Waals surface area contributed by atoms with Crippen LogP contribution in [-0.4, -0.2) is 18.0 Å². The molecule has 1 heterocycles. The topological polar surface area (TPSA) is 51.2 Å². The highest BCUT2D eigenvalue weighted by Gasteiger charge is 2.12. The number of ether oxygens (including phenoxy) is 1.